The van der Waals surface area contributed by atoms with Gasteiger partial charge >= 0.3 is 0 Å². The highest BCUT2D eigenvalue weighted by molar-refractivity contribution is 5.91. The number of hydrogen-bond donors (Lipinski definition) is 0. The van der Waals surface area contributed by atoms with Crippen molar-refractivity contribution in [3.63, 3.8) is 0 Å². The third-order valence-corrected chi connectivity index (χ3v) is 7.64. The van der Waals surface area contributed by atoms with Crippen molar-refractivity contribution in [3.8, 4) is 11.1 Å². The molecule has 0 spiro atoms. The SMILES string of the molecule is COC(COC(CCc1ccc(-c2ccc3c(=O)c4ccccc4oc3c2)cc1)c1ccccc1)c1ccccc1. The molecule has 2 unspecified atom stereocenters. The first-order valence-electron chi connectivity index (χ1n) is 14.0. The zero-order valence-corrected chi connectivity index (χ0v) is 23.0. The van der Waals surface area contributed by atoms with Gasteiger partial charge in [0.2, 0.25) is 5.43 Å². The highest BCUT2D eigenvalue weighted by atomic mass is 16.5. The van der Waals surface area contributed by atoms with Crippen LogP contribution >= 0.6 is 0 Å². The van der Waals surface area contributed by atoms with Gasteiger partial charge in [-0.25, -0.2) is 0 Å². The summed E-state index contributed by atoms with van der Waals surface area (Å²) >= 11 is 0. The van der Waals surface area contributed by atoms with Crippen LogP contribution in [0, 0.1) is 0 Å². The first kappa shape index (κ1) is 26.7. The molecule has 0 aliphatic carbocycles. The Bertz CT molecular complexity index is 1790. The lowest BCUT2D eigenvalue weighted by Crippen LogP contribution is -2.14. The molecular weight excluding hydrogens is 508 g/mol. The van der Waals surface area contributed by atoms with E-state index in [9.17, 15) is 4.79 Å². The molecule has 5 aromatic carbocycles. The van der Waals surface area contributed by atoms with Crippen LogP contribution in [0.5, 0.6) is 0 Å². The summed E-state index contributed by atoms with van der Waals surface area (Å²) in [7, 11) is 1.73. The Morgan fingerprint density at radius 2 is 1.24 bits per heavy atom. The molecule has 6 aromatic rings. The summed E-state index contributed by atoms with van der Waals surface area (Å²) in [4.78, 5) is 12.9. The highest BCUT2D eigenvalue weighted by Crippen LogP contribution is 2.29. The lowest BCUT2D eigenvalue weighted by Gasteiger charge is -2.22. The molecule has 0 fully saturated rings. The van der Waals surface area contributed by atoms with Crippen LogP contribution in [0.15, 0.2) is 137 Å². The Balaban J connectivity index is 1.17. The molecule has 1 aromatic heterocycles. The lowest BCUT2D eigenvalue weighted by atomic mass is 9.98. The van der Waals surface area contributed by atoms with E-state index in [4.69, 9.17) is 13.9 Å². The second kappa shape index (κ2) is 12.3. The molecule has 4 nitrogen and oxygen atoms in total. The van der Waals surface area contributed by atoms with Gasteiger partial charge in [0, 0.05) is 7.11 Å². The maximum atomic E-state index is 12.9. The van der Waals surface area contributed by atoms with Crippen molar-refractivity contribution in [1.29, 1.82) is 0 Å². The van der Waals surface area contributed by atoms with Crippen molar-refractivity contribution in [2.45, 2.75) is 25.0 Å². The first-order valence-corrected chi connectivity index (χ1v) is 14.0. The highest BCUT2D eigenvalue weighted by Gasteiger charge is 2.17. The molecule has 0 aliphatic heterocycles. The predicted molar refractivity (Wildman–Crippen MR) is 165 cm³/mol. The molecule has 0 N–H and O–H groups in total. The van der Waals surface area contributed by atoms with E-state index in [-0.39, 0.29) is 17.6 Å². The number of rotatable bonds is 10. The Hall–Kier alpha value is -4.51. The van der Waals surface area contributed by atoms with Crippen molar-refractivity contribution in [2.75, 3.05) is 13.7 Å². The Morgan fingerprint density at radius 3 is 1.95 bits per heavy atom. The summed E-state index contributed by atoms with van der Waals surface area (Å²) in [6, 6.07) is 42.4. The number of ether oxygens (including phenoxy) is 2. The molecule has 0 radical (unpaired) electrons. The van der Waals surface area contributed by atoms with Crippen LogP contribution in [0.3, 0.4) is 0 Å². The second-order valence-electron chi connectivity index (χ2n) is 10.2. The minimum absolute atomic E-state index is 0.000439. The summed E-state index contributed by atoms with van der Waals surface area (Å²) in [5, 5.41) is 1.20. The minimum atomic E-state index is -0.119. The fourth-order valence-corrected chi connectivity index (χ4v) is 5.33. The van der Waals surface area contributed by atoms with Crippen LogP contribution in [0.2, 0.25) is 0 Å². The molecule has 0 amide bonds. The summed E-state index contributed by atoms with van der Waals surface area (Å²) < 4.78 is 18.3. The van der Waals surface area contributed by atoms with E-state index < -0.39 is 0 Å². The zero-order valence-electron chi connectivity index (χ0n) is 23.0. The molecule has 0 saturated carbocycles. The molecular formula is C37H32O4. The number of methoxy groups -OCH3 is 1. The van der Waals surface area contributed by atoms with Crippen LogP contribution in [0.25, 0.3) is 33.1 Å². The van der Waals surface area contributed by atoms with Gasteiger partial charge in [0.05, 0.1) is 23.5 Å². The van der Waals surface area contributed by atoms with Gasteiger partial charge in [-0.1, -0.05) is 103 Å². The summed E-state index contributed by atoms with van der Waals surface area (Å²) in [5.74, 6) is 0. The van der Waals surface area contributed by atoms with Gasteiger partial charge in [0.15, 0.2) is 0 Å². The van der Waals surface area contributed by atoms with Crippen molar-refractivity contribution in [1.82, 2.24) is 0 Å². The minimum Gasteiger partial charge on any atom is -0.456 e. The molecule has 0 bridgehead atoms. The molecule has 0 aliphatic rings. The fourth-order valence-electron chi connectivity index (χ4n) is 5.33. The van der Waals surface area contributed by atoms with Gasteiger partial charge in [0.25, 0.3) is 0 Å². The van der Waals surface area contributed by atoms with Crippen LogP contribution in [0.1, 0.15) is 35.3 Å². The van der Waals surface area contributed by atoms with E-state index in [1.165, 1.54) is 5.56 Å². The smallest absolute Gasteiger partial charge is 0.200 e. The summed E-state index contributed by atoms with van der Waals surface area (Å²) in [6.45, 7) is 0.479. The van der Waals surface area contributed by atoms with Gasteiger partial charge in [-0.05, 0) is 64.9 Å². The van der Waals surface area contributed by atoms with E-state index in [2.05, 4.69) is 60.7 Å². The van der Waals surface area contributed by atoms with Gasteiger partial charge in [-0.15, -0.1) is 0 Å². The third kappa shape index (κ3) is 5.99. The van der Waals surface area contributed by atoms with Crippen LogP contribution in [0.4, 0.5) is 0 Å². The van der Waals surface area contributed by atoms with Crippen molar-refractivity contribution < 1.29 is 13.9 Å². The maximum Gasteiger partial charge on any atom is 0.200 e. The number of aryl methyl sites for hydroxylation is 1. The molecule has 0 saturated heterocycles. The van der Waals surface area contributed by atoms with Crippen molar-refractivity contribution >= 4 is 21.9 Å². The first-order chi connectivity index (χ1) is 20.2. The van der Waals surface area contributed by atoms with Gasteiger partial charge < -0.3 is 13.9 Å². The van der Waals surface area contributed by atoms with E-state index in [0.29, 0.717) is 28.5 Å². The molecule has 2 atom stereocenters. The van der Waals surface area contributed by atoms with Crippen LogP contribution < -0.4 is 5.43 Å². The standard InChI is InChI=1S/C37H32O4/c1-39-36(29-12-6-3-7-13-29)25-40-33(28-10-4-2-5-11-28)23-18-26-16-19-27(20-17-26)30-21-22-32-35(24-30)41-34-15-9-8-14-31(34)37(32)38/h2-17,19-22,24,33,36H,18,23,25H2,1H3. The van der Waals surface area contributed by atoms with Crippen molar-refractivity contribution in [3.05, 3.63) is 154 Å². The van der Waals surface area contributed by atoms with E-state index in [1.54, 1.807) is 13.2 Å². The molecule has 1 heterocycles. The maximum absolute atomic E-state index is 12.9. The Kier molecular flexibility index (Phi) is 8.04. The van der Waals surface area contributed by atoms with Gasteiger partial charge in [-0.2, -0.15) is 0 Å². The molecule has 6 rings (SSSR count). The Morgan fingerprint density at radius 1 is 0.634 bits per heavy atom. The van der Waals surface area contributed by atoms with Gasteiger partial charge in [-0.3, -0.25) is 4.79 Å². The zero-order chi connectivity index (χ0) is 28.0. The molecule has 204 valence electrons. The average Bonchev–Trinajstić information content (AvgIpc) is 3.04. The topological polar surface area (TPSA) is 48.7 Å². The van der Waals surface area contributed by atoms with E-state index in [1.807, 2.05) is 60.7 Å². The predicted octanol–water partition coefficient (Wildman–Crippen LogP) is 8.69. The van der Waals surface area contributed by atoms with Gasteiger partial charge in [0.1, 0.15) is 17.3 Å². The number of hydrogen-bond acceptors (Lipinski definition) is 4. The third-order valence-electron chi connectivity index (χ3n) is 7.64. The van der Waals surface area contributed by atoms with E-state index >= 15 is 0 Å². The largest absolute Gasteiger partial charge is 0.456 e. The van der Waals surface area contributed by atoms with Crippen molar-refractivity contribution in [2.24, 2.45) is 0 Å². The Labute approximate surface area is 239 Å². The van der Waals surface area contributed by atoms with Crippen LogP contribution in [-0.2, 0) is 15.9 Å². The summed E-state index contributed by atoms with van der Waals surface area (Å²) in [6.07, 6.45) is 1.56. The molecule has 4 heteroatoms. The second-order valence-corrected chi connectivity index (χ2v) is 10.2. The fraction of sp³-hybridized carbons (Fsp3) is 0.162. The summed E-state index contributed by atoms with van der Waals surface area (Å²) in [5.41, 5.74) is 6.81. The monoisotopic (exact) mass is 540 g/mol. The lowest BCUT2D eigenvalue weighted by molar-refractivity contribution is -0.0324. The molecule has 41 heavy (non-hydrogen) atoms. The quantitative estimate of drug-likeness (QED) is 0.163. The average molecular weight is 541 g/mol. The number of benzene rings is 5. The normalized spacial score (nSPS) is 12.9. The van der Waals surface area contributed by atoms with E-state index in [0.717, 1.165) is 35.1 Å². The van der Waals surface area contributed by atoms with Crippen LogP contribution in [-0.4, -0.2) is 13.7 Å². The number of para-hydroxylation sites is 1. The number of fused-ring (bicyclic) bond motifs is 2.